The van der Waals surface area contributed by atoms with Crippen LogP contribution in [0.2, 0.25) is 0 Å². The number of halogens is 1. The van der Waals surface area contributed by atoms with Gasteiger partial charge in [0.15, 0.2) is 0 Å². The highest BCUT2D eigenvalue weighted by Crippen LogP contribution is 2.22. The minimum absolute atomic E-state index is 0.185. The number of Topliss-reactive ketones (excluding diaryl/α,β-unsaturated/α-hetero) is 1. The minimum Gasteiger partial charge on any atom is -0.367 e. The Hall–Kier alpha value is -1.95. The van der Waals surface area contributed by atoms with Crippen LogP contribution in [0, 0.1) is 5.82 Å². The Balaban J connectivity index is 1.73. The van der Waals surface area contributed by atoms with Crippen LogP contribution in [0.3, 0.4) is 0 Å². The molecule has 0 atom stereocenters. The number of nitrogens with zero attached hydrogens (tertiary/aromatic N) is 2. The largest absolute Gasteiger partial charge is 0.367 e. The summed E-state index contributed by atoms with van der Waals surface area (Å²) in [6.45, 7) is 4.05. The van der Waals surface area contributed by atoms with E-state index in [1.54, 1.807) is 17.0 Å². The van der Waals surface area contributed by atoms with Gasteiger partial charge in [-0.05, 0) is 18.2 Å². The number of piperazine rings is 1. The normalized spacial score (nSPS) is 19.4. The molecular weight excluding hydrogens is 285 g/mol. The molecule has 3 rings (SSSR count). The lowest BCUT2D eigenvalue weighted by molar-refractivity contribution is -0.120. The topological polar surface area (TPSA) is 52.7 Å². The van der Waals surface area contributed by atoms with Crippen molar-refractivity contribution in [2.24, 2.45) is 0 Å². The molecule has 6 heteroatoms. The third kappa shape index (κ3) is 3.11. The number of rotatable bonds is 2. The summed E-state index contributed by atoms with van der Waals surface area (Å²) in [6.07, 6.45) is 0.792. The van der Waals surface area contributed by atoms with E-state index >= 15 is 0 Å². The van der Waals surface area contributed by atoms with Crippen molar-refractivity contribution >= 4 is 17.4 Å². The first-order valence-electron chi connectivity index (χ1n) is 7.71. The average Bonchev–Trinajstić information content (AvgIpc) is 2.55. The molecule has 1 aromatic carbocycles. The smallest absolute Gasteiger partial charge is 0.253 e. The first-order chi connectivity index (χ1) is 10.6. The number of carbonyl (C=O) groups excluding carboxylic acids is 2. The molecule has 0 aliphatic carbocycles. The van der Waals surface area contributed by atoms with Crippen LogP contribution in [-0.4, -0.2) is 55.9 Å². The molecular formula is C16H20FN3O2. The maximum atomic E-state index is 14.3. The zero-order valence-electron chi connectivity index (χ0n) is 12.5. The molecule has 118 valence electrons. The maximum absolute atomic E-state index is 14.3. The standard InChI is InChI=1S/C16H20FN3O2/c17-14-11-12(16(22)20-7-3-13(21)4-8-20)1-2-15(14)19-9-5-18-6-10-19/h1-2,11,18H,3-10H2. The van der Waals surface area contributed by atoms with E-state index in [4.69, 9.17) is 0 Å². The summed E-state index contributed by atoms with van der Waals surface area (Å²) in [7, 11) is 0. The molecule has 5 nitrogen and oxygen atoms in total. The molecule has 2 fully saturated rings. The Kier molecular flexibility index (Phi) is 4.38. The molecule has 1 aromatic rings. The summed E-state index contributed by atoms with van der Waals surface area (Å²) in [5, 5.41) is 3.23. The molecule has 0 radical (unpaired) electrons. The highest BCUT2D eigenvalue weighted by Gasteiger charge is 2.23. The van der Waals surface area contributed by atoms with Gasteiger partial charge in [-0.2, -0.15) is 0 Å². The molecule has 0 saturated carbocycles. The fraction of sp³-hybridized carbons (Fsp3) is 0.500. The van der Waals surface area contributed by atoms with Gasteiger partial charge in [-0.1, -0.05) is 0 Å². The van der Waals surface area contributed by atoms with Gasteiger partial charge in [0.25, 0.3) is 5.91 Å². The van der Waals surface area contributed by atoms with Gasteiger partial charge in [-0.25, -0.2) is 4.39 Å². The van der Waals surface area contributed by atoms with E-state index in [0.717, 1.165) is 26.2 Å². The number of likely N-dealkylation sites (tertiary alicyclic amines) is 1. The monoisotopic (exact) mass is 305 g/mol. The molecule has 2 heterocycles. The van der Waals surface area contributed by atoms with E-state index in [2.05, 4.69) is 5.32 Å². The summed E-state index contributed by atoms with van der Waals surface area (Å²) in [5.41, 5.74) is 0.901. The molecule has 2 aliphatic heterocycles. The minimum atomic E-state index is -0.360. The Morgan fingerprint density at radius 3 is 2.41 bits per heavy atom. The van der Waals surface area contributed by atoms with Crippen LogP contribution >= 0.6 is 0 Å². The van der Waals surface area contributed by atoms with Crippen molar-refractivity contribution in [1.29, 1.82) is 0 Å². The van der Waals surface area contributed by atoms with E-state index in [0.29, 0.717) is 37.2 Å². The van der Waals surface area contributed by atoms with Gasteiger partial charge in [0, 0.05) is 57.7 Å². The van der Waals surface area contributed by atoms with Gasteiger partial charge in [0.2, 0.25) is 0 Å². The van der Waals surface area contributed by atoms with Gasteiger partial charge in [-0.3, -0.25) is 9.59 Å². The summed E-state index contributed by atoms with van der Waals surface area (Å²) in [4.78, 5) is 27.2. The quantitative estimate of drug-likeness (QED) is 0.887. The maximum Gasteiger partial charge on any atom is 0.253 e. The summed E-state index contributed by atoms with van der Waals surface area (Å²) >= 11 is 0. The number of ketones is 1. The second kappa shape index (κ2) is 6.44. The molecule has 2 aliphatic rings. The number of piperidine rings is 1. The van der Waals surface area contributed by atoms with Gasteiger partial charge in [-0.15, -0.1) is 0 Å². The fourth-order valence-electron chi connectivity index (χ4n) is 2.94. The number of hydrogen-bond donors (Lipinski definition) is 1. The van der Waals surface area contributed by atoms with Crippen molar-refractivity contribution in [3.8, 4) is 0 Å². The Bertz CT molecular complexity index is 575. The van der Waals surface area contributed by atoms with Crippen LogP contribution in [0.1, 0.15) is 23.2 Å². The molecule has 0 unspecified atom stereocenters. The van der Waals surface area contributed by atoms with E-state index in [-0.39, 0.29) is 17.5 Å². The number of hydrogen-bond acceptors (Lipinski definition) is 4. The lowest BCUT2D eigenvalue weighted by Crippen LogP contribution is -2.44. The molecule has 0 spiro atoms. The zero-order chi connectivity index (χ0) is 15.5. The van der Waals surface area contributed by atoms with Crippen molar-refractivity contribution in [3.05, 3.63) is 29.6 Å². The van der Waals surface area contributed by atoms with Crippen molar-refractivity contribution < 1.29 is 14.0 Å². The van der Waals surface area contributed by atoms with Crippen molar-refractivity contribution in [3.63, 3.8) is 0 Å². The highest BCUT2D eigenvalue weighted by atomic mass is 19.1. The summed E-state index contributed by atoms with van der Waals surface area (Å²) in [6, 6.07) is 4.68. The van der Waals surface area contributed by atoms with Crippen LogP contribution in [-0.2, 0) is 4.79 Å². The lowest BCUT2D eigenvalue weighted by atomic mass is 10.1. The number of amides is 1. The molecule has 2 saturated heterocycles. The Labute approximate surface area is 129 Å². The molecule has 1 amide bonds. The zero-order valence-corrected chi connectivity index (χ0v) is 12.5. The van der Waals surface area contributed by atoms with Gasteiger partial charge >= 0.3 is 0 Å². The summed E-state index contributed by atoms with van der Waals surface area (Å²) < 4.78 is 14.3. The second-order valence-electron chi connectivity index (χ2n) is 5.73. The number of carbonyl (C=O) groups is 2. The molecule has 1 N–H and O–H groups in total. The van der Waals surface area contributed by atoms with Crippen LogP contribution in [0.5, 0.6) is 0 Å². The Morgan fingerprint density at radius 2 is 1.77 bits per heavy atom. The molecule has 0 bridgehead atoms. The van der Waals surface area contributed by atoms with E-state index < -0.39 is 0 Å². The number of nitrogens with one attached hydrogen (secondary N) is 1. The van der Waals surface area contributed by atoms with Crippen molar-refractivity contribution in [2.75, 3.05) is 44.2 Å². The van der Waals surface area contributed by atoms with Crippen LogP contribution in [0.4, 0.5) is 10.1 Å². The highest BCUT2D eigenvalue weighted by molar-refractivity contribution is 5.95. The van der Waals surface area contributed by atoms with Gasteiger partial charge in [0.1, 0.15) is 11.6 Å². The van der Waals surface area contributed by atoms with Crippen LogP contribution in [0.15, 0.2) is 18.2 Å². The van der Waals surface area contributed by atoms with Gasteiger partial charge < -0.3 is 15.1 Å². The van der Waals surface area contributed by atoms with Crippen LogP contribution < -0.4 is 10.2 Å². The third-order valence-electron chi connectivity index (χ3n) is 4.26. The fourth-order valence-corrected chi connectivity index (χ4v) is 2.94. The third-order valence-corrected chi connectivity index (χ3v) is 4.26. The second-order valence-corrected chi connectivity index (χ2v) is 5.73. The van der Waals surface area contributed by atoms with E-state index in [1.807, 2.05) is 4.90 Å². The first kappa shape index (κ1) is 15.0. The predicted molar refractivity (Wildman–Crippen MR) is 81.6 cm³/mol. The Morgan fingerprint density at radius 1 is 1.09 bits per heavy atom. The van der Waals surface area contributed by atoms with Gasteiger partial charge in [0.05, 0.1) is 5.69 Å². The average molecular weight is 305 g/mol. The lowest BCUT2D eigenvalue weighted by Gasteiger charge is -2.30. The van der Waals surface area contributed by atoms with Crippen molar-refractivity contribution in [1.82, 2.24) is 10.2 Å². The van der Waals surface area contributed by atoms with E-state index in [1.165, 1.54) is 6.07 Å². The van der Waals surface area contributed by atoms with E-state index in [9.17, 15) is 14.0 Å². The SMILES string of the molecule is O=C1CCN(C(=O)c2ccc(N3CCNCC3)c(F)c2)CC1. The first-order valence-corrected chi connectivity index (χ1v) is 7.71. The number of benzene rings is 1. The molecule has 0 aromatic heterocycles. The summed E-state index contributed by atoms with van der Waals surface area (Å²) in [5.74, 6) is -0.372. The molecule has 22 heavy (non-hydrogen) atoms. The predicted octanol–water partition coefficient (Wildman–Crippen LogP) is 1.04. The van der Waals surface area contributed by atoms with Crippen LogP contribution in [0.25, 0.3) is 0 Å². The number of anilines is 1. The van der Waals surface area contributed by atoms with Crippen molar-refractivity contribution in [2.45, 2.75) is 12.8 Å².